The number of nitrogens with zero attached hydrogens (tertiary/aromatic N) is 7. The SMILES string of the molecule is Cc1sc2c(c1C)C(c1ccc(Cl)cc1)=NC(CC(=O)NCc1cn(CCCCCC(=O)NCCOc3ccc(-c4cc5c(C(=O)O)c[nH]c5cc4Cl)cc3)nn1)c1nnc(C)n1-2. The normalized spacial score (nSPS) is 13.3. The first-order valence-electron chi connectivity index (χ1n) is 20.5. The highest BCUT2D eigenvalue weighted by Crippen LogP contribution is 2.40. The van der Waals surface area contributed by atoms with Crippen LogP contribution in [0.2, 0.25) is 10.0 Å². The standard InChI is InChI=1S/C45H44Cl2N10O5S/c1-25-26(2)63-44-41(25)42(29-8-12-30(46)13-9-29)51-38(43-54-52-27(3)57(43)44)21-40(59)50-22-31-24-56(55-53-31)17-6-4-5-7-39(58)48-16-18-62-32-14-10-28(11-15-32)33-19-34-35(45(60)61)23-49-37(34)20-36(33)47/h8-15,19-20,23-24,38,49H,4-7,16-18,21-22H2,1-3H3,(H,48,58)(H,50,59)(H,60,61). The number of aromatic nitrogens is 7. The first kappa shape index (κ1) is 43.3. The molecule has 0 spiro atoms. The minimum Gasteiger partial charge on any atom is -0.492 e. The number of halogens is 2. The van der Waals surface area contributed by atoms with E-state index in [4.69, 9.17) is 32.9 Å². The van der Waals surface area contributed by atoms with Crippen LogP contribution in [0.5, 0.6) is 5.75 Å². The van der Waals surface area contributed by atoms with Crippen LogP contribution in [-0.4, -0.2) is 76.5 Å². The number of nitrogens with one attached hydrogen (secondary N) is 3. The summed E-state index contributed by atoms with van der Waals surface area (Å²) < 4.78 is 9.59. The number of thiophene rings is 1. The number of aromatic carboxylic acids is 1. The molecule has 8 rings (SSSR count). The lowest BCUT2D eigenvalue weighted by atomic mass is 9.99. The van der Waals surface area contributed by atoms with Gasteiger partial charge in [-0.3, -0.25) is 23.8 Å². The quantitative estimate of drug-likeness (QED) is 0.0650. The molecule has 1 aliphatic heterocycles. The molecule has 1 unspecified atom stereocenters. The number of benzene rings is 3. The summed E-state index contributed by atoms with van der Waals surface area (Å²) in [6, 6.07) is 17.8. The van der Waals surface area contributed by atoms with Gasteiger partial charge in [-0.1, -0.05) is 59.1 Å². The third kappa shape index (κ3) is 9.67. The van der Waals surface area contributed by atoms with E-state index < -0.39 is 12.0 Å². The first-order chi connectivity index (χ1) is 30.4. The lowest BCUT2D eigenvalue weighted by Gasteiger charge is -2.13. The number of rotatable bonds is 17. The molecule has 0 radical (unpaired) electrons. The molecule has 1 aliphatic rings. The number of carboxylic acids is 1. The molecule has 18 heteroatoms. The van der Waals surface area contributed by atoms with Gasteiger partial charge in [0.1, 0.15) is 34.9 Å². The molecule has 0 saturated heterocycles. The number of carboxylic acid groups (broad SMARTS) is 1. The number of fused-ring (bicyclic) bond motifs is 4. The van der Waals surface area contributed by atoms with Crippen LogP contribution in [-0.2, 0) is 22.7 Å². The molecule has 1 atom stereocenters. The van der Waals surface area contributed by atoms with E-state index in [1.807, 2.05) is 66.2 Å². The van der Waals surface area contributed by atoms with Crippen LogP contribution in [0.4, 0.5) is 0 Å². The Balaban J connectivity index is 0.753. The summed E-state index contributed by atoms with van der Waals surface area (Å²) in [6.07, 6.45) is 6.10. The van der Waals surface area contributed by atoms with Gasteiger partial charge < -0.3 is 25.5 Å². The lowest BCUT2D eigenvalue weighted by molar-refractivity contribution is -0.122. The summed E-state index contributed by atoms with van der Waals surface area (Å²) in [5.74, 6) is 0.710. The van der Waals surface area contributed by atoms with E-state index in [1.165, 1.54) is 11.1 Å². The Morgan fingerprint density at radius 2 is 1.70 bits per heavy atom. The highest BCUT2D eigenvalue weighted by atomic mass is 35.5. The largest absolute Gasteiger partial charge is 0.492 e. The molecule has 63 heavy (non-hydrogen) atoms. The van der Waals surface area contributed by atoms with Gasteiger partial charge in [-0.05, 0) is 81.1 Å². The van der Waals surface area contributed by atoms with E-state index in [0.29, 0.717) is 69.9 Å². The fraction of sp³-hybridized carbons (Fsp3) is 0.289. The molecular weight excluding hydrogens is 864 g/mol. The predicted octanol–water partition coefficient (Wildman–Crippen LogP) is 8.35. The molecule has 15 nitrogen and oxygen atoms in total. The molecule has 5 heterocycles. The Labute approximate surface area is 376 Å². The Hall–Kier alpha value is -6.36. The fourth-order valence-corrected chi connectivity index (χ4v) is 9.17. The summed E-state index contributed by atoms with van der Waals surface area (Å²) in [4.78, 5) is 46.8. The number of aromatic amines is 1. The van der Waals surface area contributed by atoms with Crippen LogP contribution in [0.25, 0.3) is 27.0 Å². The molecule has 0 bridgehead atoms. The highest BCUT2D eigenvalue weighted by molar-refractivity contribution is 7.15. The lowest BCUT2D eigenvalue weighted by Crippen LogP contribution is -2.27. The van der Waals surface area contributed by atoms with Crippen LogP contribution < -0.4 is 15.4 Å². The van der Waals surface area contributed by atoms with E-state index in [1.54, 1.807) is 28.2 Å². The molecule has 4 aromatic heterocycles. The topological polar surface area (TPSA) is 194 Å². The van der Waals surface area contributed by atoms with Crippen molar-refractivity contribution in [2.75, 3.05) is 13.2 Å². The van der Waals surface area contributed by atoms with Gasteiger partial charge in [0.05, 0.1) is 42.0 Å². The molecule has 3 aromatic carbocycles. The van der Waals surface area contributed by atoms with E-state index in [0.717, 1.165) is 58.1 Å². The minimum absolute atomic E-state index is 0.0457. The van der Waals surface area contributed by atoms with Gasteiger partial charge in [-0.25, -0.2) is 4.79 Å². The maximum Gasteiger partial charge on any atom is 0.337 e. The van der Waals surface area contributed by atoms with Crippen LogP contribution in [0, 0.1) is 20.8 Å². The third-order valence-corrected chi connectivity index (χ3v) is 12.7. The van der Waals surface area contributed by atoms with Gasteiger partial charge in [0, 0.05) is 56.7 Å². The van der Waals surface area contributed by atoms with Gasteiger partial charge in [0.25, 0.3) is 0 Å². The molecule has 0 aliphatic carbocycles. The van der Waals surface area contributed by atoms with Crippen molar-refractivity contribution >= 4 is 68.9 Å². The van der Waals surface area contributed by atoms with Crippen molar-refractivity contribution in [3.8, 4) is 21.9 Å². The third-order valence-electron chi connectivity index (χ3n) is 10.9. The molecule has 0 fully saturated rings. The van der Waals surface area contributed by atoms with Crippen LogP contribution in [0.3, 0.4) is 0 Å². The number of aryl methyl sites for hydroxylation is 3. The molecule has 2 amide bonds. The van der Waals surface area contributed by atoms with Gasteiger partial charge in [-0.2, -0.15) is 0 Å². The van der Waals surface area contributed by atoms with Gasteiger partial charge >= 0.3 is 5.97 Å². The van der Waals surface area contributed by atoms with Crippen LogP contribution >= 0.6 is 34.5 Å². The Morgan fingerprint density at radius 1 is 0.921 bits per heavy atom. The summed E-state index contributed by atoms with van der Waals surface area (Å²) >= 11 is 14.4. The zero-order valence-corrected chi connectivity index (χ0v) is 37.1. The van der Waals surface area contributed by atoms with E-state index >= 15 is 0 Å². The van der Waals surface area contributed by atoms with E-state index in [9.17, 15) is 19.5 Å². The Morgan fingerprint density at radius 3 is 2.48 bits per heavy atom. The second-order valence-corrected chi connectivity index (χ2v) is 17.3. The predicted molar refractivity (Wildman–Crippen MR) is 242 cm³/mol. The Kier molecular flexibility index (Phi) is 13.0. The second kappa shape index (κ2) is 18.9. The summed E-state index contributed by atoms with van der Waals surface area (Å²) in [5.41, 5.74) is 6.82. The number of amides is 2. The number of carbonyl (C=O) groups is 3. The van der Waals surface area contributed by atoms with Crippen molar-refractivity contribution < 1.29 is 24.2 Å². The van der Waals surface area contributed by atoms with Crippen molar-refractivity contribution in [1.82, 2.24) is 45.4 Å². The van der Waals surface area contributed by atoms with Crippen molar-refractivity contribution in [2.45, 2.75) is 72.0 Å². The summed E-state index contributed by atoms with van der Waals surface area (Å²) in [7, 11) is 0. The van der Waals surface area contributed by atoms with Gasteiger partial charge in [-0.15, -0.1) is 26.6 Å². The zero-order chi connectivity index (χ0) is 44.2. The smallest absolute Gasteiger partial charge is 0.337 e. The van der Waals surface area contributed by atoms with Gasteiger partial charge in [0.15, 0.2) is 5.82 Å². The minimum atomic E-state index is -1.01. The number of aliphatic imine (C=N–C) groups is 1. The molecule has 324 valence electrons. The first-order valence-corrected chi connectivity index (χ1v) is 22.1. The Bertz CT molecular complexity index is 2840. The van der Waals surface area contributed by atoms with E-state index in [2.05, 4.69) is 50.0 Å². The molecule has 7 aromatic rings. The second-order valence-electron chi connectivity index (χ2n) is 15.3. The zero-order valence-electron chi connectivity index (χ0n) is 34.7. The molecule has 0 saturated carbocycles. The number of unbranched alkanes of at least 4 members (excludes halogenated alkanes) is 2. The average molecular weight is 908 g/mol. The van der Waals surface area contributed by atoms with Crippen LogP contribution in [0.15, 0.2) is 78.0 Å². The summed E-state index contributed by atoms with van der Waals surface area (Å²) in [6.45, 7) is 7.60. The maximum atomic E-state index is 13.4. The van der Waals surface area contributed by atoms with Crippen LogP contribution in [0.1, 0.15) is 87.4 Å². The van der Waals surface area contributed by atoms with Crippen molar-refractivity contribution in [3.05, 3.63) is 128 Å². The number of hydrogen-bond acceptors (Lipinski definition) is 10. The number of ether oxygens (including phenoxy) is 1. The van der Waals surface area contributed by atoms with Gasteiger partial charge in [0.2, 0.25) is 11.8 Å². The molecular formula is C45H44Cl2N10O5S. The number of carbonyl (C=O) groups excluding carboxylic acids is 2. The number of hydrogen-bond donors (Lipinski definition) is 4. The number of H-pyrrole nitrogens is 1. The summed E-state index contributed by atoms with van der Waals surface area (Å²) in [5, 5.41) is 35.4. The maximum absolute atomic E-state index is 13.4. The highest BCUT2D eigenvalue weighted by Gasteiger charge is 2.32. The van der Waals surface area contributed by atoms with E-state index in [-0.39, 0.29) is 30.3 Å². The van der Waals surface area contributed by atoms with Crippen molar-refractivity contribution in [3.63, 3.8) is 0 Å². The van der Waals surface area contributed by atoms with Crippen molar-refractivity contribution in [2.24, 2.45) is 4.99 Å². The molecule has 4 N–H and O–H groups in total. The monoisotopic (exact) mass is 906 g/mol. The average Bonchev–Trinajstić information content (AvgIpc) is 4.04. The van der Waals surface area contributed by atoms with Crippen molar-refractivity contribution in [1.29, 1.82) is 0 Å². The fourth-order valence-electron chi connectivity index (χ4n) is 7.55.